The molecule has 0 aromatic rings. The van der Waals surface area contributed by atoms with Crippen LogP contribution in [0.25, 0.3) is 0 Å². The third kappa shape index (κ3) is 137. The van der Waals surface area contributed by atoms with Crippen LogP contribution in [0.15, 0.2) is 0 Å². The first-order valence-electron chi connectivity index (χ1n) is 1.02. The van der Waals surface area contributed by atoms with Crippen LogP contribution in [0, 0.1) is 0 Å². The number of aliphatic hydroxyl groups excluding tert-OH is 1. The van der Waals surface area contributed by atoms with Gasteiger partial charge in [-0.2, -0.15) is 0 Å². The Morgan fingerprint density at radius 2 is 1.60 bits per heavy atom. The third-order valence-electron chi connectivity index (χ3n) is 0. The first-order valence-corrected chi connectivity index (χ1v) is 1.02. The average Bonchev–Trinajstić information content (AvgIpc) is 0.918. The van der Waals surface area contributed by atoms with Crippen molar-refractivity contribution in [3.63, 3.8) is 0 Å². The minimum atomic E-state index is 0. The van der Waals surface area contributed by atoms with Crippen LogP contribution in [0.5, 0.6) is 0 Å². The first kappa shape index (κ1) is 18.0. The monoisotopic (exact) mass is 120 g/mol. The molecule has 0 rings (SSSR count). The summed E-state index contributed by atoms with van der Waals surface area (Å²) in [6, 6.07) is 0. The molecule has 0 amide bonds. The van der Waals surface area contributed by atoms with Crippen molar-refractivity contribution in [3.05, 3.63) is 0 Å². The van der Waals surface area contributed by atoms with Crippen molar-refractivity contribution in [2.45, 2.75) is 6.92 Å². The Morgan fingerprint density at radius 1 is 1.60 bits per heavy atom. The second kappa shape index (κ2) is 25.3. The van der Waals surface area contributed by atoms with Crippen LogP contribution in [0.1, 0.15) is 6.92 Å². The maximum absolute atomic E-state index is 7.57. The van der Waals surface area contributed by atoms with E-state index in [4.69, 9.17) is 5.11 Å². The van der Waals surface area contributed by atoms with E-state index in [1.807, 2.05) is 0 Å². The van der Waals surface area contributed by atoms with Crippen molar-refractivity contribution in [1.29, 1.82) is 0 Å². The van der Waals surface area contributed by atoms with Crippen LogP contribution in [-0.2, 0) is 17.1 Å². The standard InChI is InChI=1S/C2H6O.Fe.H2O/c1-2-3;;/h3H,2H2,1H3;;1H2. The average molecular weight is 120 g/mol. The molecule has 3 heteroatoms. The largest absolute Gasteiger partial charge is 0.412 e. The quantitative estimate of drug-likeness (QED) is 0.417. The Balaban J connectivity index is -0.0000000200. The summed E-state index contributed by atoms with van der Waals surface area (Å²) >= 11 is 0. The predicted octanol–water partition coefficient (Wildman–Crippen LogP) is -0.829. The van der Waals surface area contributed by atoms with Gasteiger partial charge >= 0.3 is 0 Å². The molecule has 0 aromatic heterocycles. The molecule has 0 spiro atoms. The van der Waals surface area contributed by atoms with Gasteiger partial charge in [-0.25, -0.2) is 0 Å². The van der Waals surface area contributed by atoms with Gasteiger partial charge in [-0.1, -0.05) is 0 Å². The van der Waals surface area contributed by atoms with Gasteiger partial charge in [0.1, 0.15) is 0 Å². The Labute approximate surface area is 42.0 Å². The van der Waals surface area contributed by atoms with Crippen molar-refractivity contribution in [1.82, 2.24) is 0 Å². The van der Waals surface area contributed by atoms with Crippen molar-refractivity contribution < 1.29 is 27.7 Å². The molecular weight excluding hydrogens is 112 g/mol. The van der Waals surface area contributed by atoms with Crippen molar-refractivity contribution in [2.75, 3.05) is 6.61 Å². The normalized spacial score (nSPS) is 3.60. The van der Waals surface area contributed by atoms with E-state index in [1.54, 1.807) is 6.92 Å². The second-order valence-corrected chi connectivity index (χ2v) is 0.316. The molecule has 5 heavy (non-hydrogen) atoms. The molecule has 0 aliphatic heterocycles. The molecule has 0 saturated carbocycles. The molecule has 0 aliphatic carbocycles. The number of hydrogen-bond acceptors (Lipinski definition) is 1. The molecule has 0 aromatic carbocycles. The number of aliphatic hydroxyl groups is 1. The van der Waals surface area contributed by atoms with Gasteiger partial charge in [0.15, 0.2) is 0 Å². The summed E-state index contributed by atoms with van der Waals surface area (Å²) in [5.74, 6) is 0. The molecule has 0 atom stereocenters. The van der Waals surface area contributed by atoms with Crippen LogP contribution in [0.2, 0.25) is 0 Å². The number of hydrogen-bond donors (Lipinski definition) is 1. The van der Waals surface area contributed by atoms with Gasteiger partial charge in [-0.3, -0.25) is 0 Å². The van der Waals surface area contributed by atoms with Crippen LogP contribution >= 0.6 is 0 Å². The van der Waals surface area contributed by atoms with E-state index in [2.05, 4.69) is 0 Å². The second-order valence-electron chi connectivity index (χ2n) is 0.316. The summed E-state index contributed by atoms with van der Waals surface area (Å²) in [7, 11) is 0. The van der Waals surface area contributed by atoms with Gasteiger partial charge in [0.05, 0.1) is 0 Å². The minimum absolute atomic E-state index is 0. The van der Waals surface area contributed by atoms with Crippen molar-refractivity contribution in [2.24, 2.45) is 0 Å². The molecule has 36 valence electrons. The maximum Gasteiger partial charge on any atom is 0.0402 e. The van der Waals surface area contributed by atoms with Crippen LogP contribution in [0.4, 0.5) is 0 Å². The molecule has 0 radical (unpaired) electrons. The van der Waals surface area contributed by atoms with E-state index in [1.165, 1.54) is 0 Å². The van der Waals surface area contributed by atoms with Gasteiger partial charge in [0.2, 0.25) is 0 Å². The van der Waals surface area contributed by atoms with E-state index in [9.17, 15) is 0 Å². The van der Waals surface area contributed by atoms with E-state index >= 15 is 0 Å². The molecule has 0 aliphatic rings. The maximum atomic E-state index is 7.57. The fraction of sp³-hybridized carbons (Fsp3) is 1.00. The Morgan fingerprint density at radius 3 is 1.60 bits per heavy atom. The SMILES string of the molecule is CCO.O.[Fe]. The zero-order chi connectivity index (χ0) is 2.71. The fourth-order valence-corrected chi connectivity index (χ4v) is 0. The third-order valence-corrected chi connectivity index (χ3v) is 0. The molecule has 0 fully saturated rings. The van der Waals surface area contributed by atoms with Gasteiger partial charge in [-0.15, -0.1) is 0 Å². The minimum Gasteiger partial charge on any atom is -0.412 e. The van der Waals surface area contributed by atoms with E-state index in [-0.39, 0.29) is 29.2 Å². The molecule has 0 bridgehead atoms. The van der Waals surface area contributed by atoms with E-state index in [0.717, 1.165) is 0 Å². The molecule has 0 unspecified atom stereocenters. The molecule has 0 heterocycles. The summed E-state index contributed by atoms with van der Waals surface area (Å²) in [5, 5.41) is 7.57. The molecule has 2 nitrogen and oxygen atoms in total. The van der Waals surface area contributed by atoms with Gasteiger partial charge in [-0.05, 0) is 6.92 Å². The van der Waals surface area contributed by atoms with Crippen LogP contribution in [-0.4, -0.2) is 17.2 Å². The summed E-state index contributed by atoms with van der Waals surface area (Å²) in [5.41, 5.74) is 0. The molecule has 0 saturated heterocycles. The topological polar surface area (TPSA) is 51.7 Å². The number of rotatable bonds is 0. The zero-order valence-corrected chi connectivity index (χ0v) is 4.11. The summed E-state index contributed by atoms with van der Waals surface area (Å²) in [4.78, 5) is 0. The Kier molecular flexibility index (Phi) is 91.3. The van der Waals surface area contributed by atoms with Crippen LogP contribution in [0.3, 0.4) is 0 Å². The predicted molar refractivity (Wildman–Crippen MR) is 16.4 cm³/mol. The zero-order valence-electron chi connectivity index (χ0n) is 3.01. The summed E-state index contributed by atoms with van der Waals surface area (Å²) in [6.45, 7) is 1.93. The van der Waals surface area contributed by atoms with E-state index < -0.39 is 0 Å². The Hall–Kier alpha value is 0.439. The Bertz CT molecular complexity index is 7.61. The van der Waals surface area contributed by atoms with Gasteiger partial charge < -0.3 is 10.6 Å². The van der Waals surface area contributed by atoms with E-state index in [0.29, 0.717) is 0 Å². The summed E-state index contributed by atoms with van der Waals surface area (Å²) in [6.07, 6.45) is 0. The van der Waals surface area contributed by atoms with Crippen molar-refractivity contribution >= 4 is 0 Å². The smallest absolute Gasteiger partial charge is 0.0402 e. The fourth-order valence-electron chi connectivity index (χ4n) is 0. The summed E-state index contributed by atoms with van der Waals surface area (Å²) < 4.78 is 0. The first-order chi connectivity index (χ1) is 1.41. The van der Waals surface area contributed by atoms with Gasteiger partial charge in [0, 0.05) is 23.7 Å². The van der Waals surface area contributed by atoms with Gasteiger partial charge in [0.25, 0.3) is 0 Å². The van der Waals surface area contributed by atoms with Crippen molar-refractivity contribution in [3.8, 4) is 0 Å². The molecular formula is C2H8FeO2. The molecule has 3 N–H and O–H groups in total. The van der Waals surface area contributed by atoms with Crippen LogP contribution < -0.4 is 0 Å².